The van der Waals surface area contributed by atoms with Crippen molar-refractivity contribution in [3.8, 4) is 0 Å². The maximum Gasteiger partial charge on any atom is 0.312 e. The van der Waals surface area contributed by atoms with Gasteiger partial charge in [-0.25, -0.2) is 0 Å². The zero-order chi connectivity index (χ0) is 27.7. The molecule has 2 nitrogen and oxygen atoms in total. The molecule has 0 saturated heterocycles. The van der Waals surface area contributed by atoms with Crippen LogP contribution >= 0.6 is 0 Å². The molecule has 0 bridgehead atoms. The molecule has 228 valence electrons. The van der Waals surface area contributed by atoms with E-state index in [0.29, 0.717) is 6.61 Å². The summed E-state index contributed by atoms with van der Waals surface area (Å²) in [6.45, 7) is 5.26. The van der Waals surface area contributed by atoms with Crippen LogP contribution in [0.25, 0.3) is 0 Å². The van der Waals surface area contributed by atoms with Gasteiger partial charge in [-0.2, -0.15) is 0 Å². The summed E-state index contributed by atoms with van der Waals surface area (Å²) in [6.07, 6.45) is 38.5. The smallest absolute Gasteiger partial charge is 0.312 e. The largest absolute Gasteiger partial charge is 0.465 e. The quantitative estimate of drug-likeness (QED) is 0.119. The second kappa shape index (κ2) is 18.8. The van der Waals surface area contributed by atoms with Gasteiger partial charge in [0.05, 0.1) is 12.0 Å². The van der Waals surface area contributed by atoms with E-state index in [4.69, 9.17) is 4.74 Å². The predicted octanol–water partition coefficient (Wildman–Crippen LogP) is 12.1. The van der Waals surface area contributed by atoms with Crippen molar-refractivity contribution in [3.63, 3.8) is 0 Å². The molecule has 39 heavy (non-hydrogen) atoms. The Morgan fingerprint density at radius 1 is 0.564 bits per heavy atom. The zero-order valence-corrected chi connectivity index (χ0v) is 26.7. The summed E-state index contributed by atoms with van der Waals surface area (Å²) in [5.41, 5.74) is 0.0199. The normalized spacial score (nSPS) is 25.9. The summed E-state index contributed by atoms with van der Waals surface area (Å²) < 4.78 is 6.27. The minimum absolute atomic E-state index is 0.188. The van der Waals surface area contributed by atoms with Gasteiger partial charge in [0.25, 0.3) is 0 Å². The van der Waals surface area contributed by atoms with Gasteiger partial charge >= 0.3 is 5.97 Å². The highest BCUT2D eigenvalue weighted by atomic mass is 16.5. The van der Waals surface area contributed by atoms with Gasteiger partial charge < -0.3 is 4.74 Å². The van der Waals surface area contributed by atoms with Crippen LogP contribution in [-0.2, 0) is 9.53 Å². The lowest BCUT2D eigenvalue weighted by atomic mass is 9.49. The third kappa shape index (κ3) is 10.1. The van der Waals surface area contributed by atoms with Crippen LogP contribution in [0.15, 0.2) is 0 Å². The molecule has 0 aromatic heterocycles. The fourth-order valence-electron chi connectivity index (χ4n) is 9.13. The van der Waals surface area contributed by atoms with Crippen molar-refractivity contribution in [1.29, 1.82) is 0 Å². The summed E-state index contributed by atoms with van der Waals surface area (Å²) in [5.74, 6) is 2.13. The van der Waals surface area contributed by atoms with Crippen LogP contribution < -0.4 is 0 Å². The number of carbonyl (C=O) groups is 1. The summed E-state index contributed by atoms with van der Waals surface area (Å²) in [6, 6.07) is 0. The Labute approximate surface area is 244 Å². The molecule has 0 radical (unpaired) electrons. The van der Waals surface area contributed by atoms with Crippen LogP contribution in [0.5, 0.6) is 0 Å². The average molecular weight is 545 g/mol. The Balaban J connectivity index is 1.60. The molecule has 0 aliphatic heterocycles. The number of carbonyl (C=O) groups excluding carboxylic acids is 1. The maximum absolute atomic E-state index is 14.2. The molecule has 0 amide bonds. The van der Waals surface area contributed by atoms with Gasteiger partial charge in [-0.3, -0.25) is 4.79 Å². The van der Waals surface area contributed by atoms with E-state index < -0.39 is 0 Å². The molecule has 2 heteroatoms. The van der Waals surface area contributed by atoms with Gasteiger partial charge in [0.2, 0.25) is 0 Å². The fourth-order valence-corrected chi connectivity index (χ4v) is 9.13. The van der Waals surface area contributed by atoms with E-state index in [1.165, 1.54) is 167 Å². The predicted molar refractivity (Wildman–Crippen MR) is 168 cm³/mol. The lowest BCUT2D eigenvalue weighted by molar-refractivity contribution is -0.175. The van der Waals surface area contributed by atoms with Gasteiger partial charge in [-0.05, 0) is 68.6 Å². The number of rotatable bonds is 19. The van der Waals surface area contributed by atoms with Crippen molar-refractivity contribution in [2.45, 2.75) is 200 Å². The Morgan fingerprint density at radius 3 is 1.64 bits per heavy atom. The molecule has 0 heterocycles. The van der Waals surface area contributed by atoms with E-state index in [0.717, 1.165) is 31.1 Å². The van der Waals surface area contributed by atoms with Crippen molar-refractivity contribution in [2.75, 3.05) is 6.61 Å². The molecule has 3 rings (SSSR count). The van der Waals surface area contributed by atoms with Gasteiger partial charge in [0, 0.05) is 0 Å². The first-order chi connectivity index (χ1) is 19.2. The maximum atomic E-state index is 14.2. The SMILES string of the molecule is CCCCCCCCCCOC(=O)C1(C2(CCCCCCCC)CCC(C3CCCCC3)CC2)CCCCC1. The van der Waals surface area contributed by atoms with Crippen molar-refractivity contribution in [1.82, 2.24) is 0 Å². The van der Waals surface area contributed by atoms with Crippen LogP contribution in [0.2, 0.25) is 0 Å². The summed E-state index contributed by atoms with van der Waals surface area (Å²) in [7, 11) is 0. The lowest BCUT2D eigenvalue weighted by Crippen LogP contribution is -2.52. The molecule has 0 atom stereocenters. The third-order valence-corrected chi connectivity index (χ3v) is 11.7. The van der Waals surface area contributed by atoms with Gasteiger partial charge in [0.15, 0.2) is 0 Å². The average Bonchev–Trinajstić information content (AvgIpc) is 2.99. The Hall–Kier alpha value is -0.530. The Bertz CT molecular complexity index is 619. The molecule has 0 aromatic carbocycles. The van der Waals surface area contributed by atoms with E-state index in [1.807, 2.05) is 0 Å². The molecule has 3 saturated carbocycles. The highest BCUT2D eigenvalue weighted by Crippen LogP contribution is 2.61. The van der Waals surface area contributed by atoms with Crippen molar-refractivity contribution in [3.05, 3.63) is 0 Å². The van der Waals surface area contributed by atoms with E-state index in [-0.39, 0.29) is 16.8 Å². The molecule has 0 aromatic rings. The van der Waals surface area contributed by atoms with E-state index in [2.05, 4.69) is 13.8 Å². The number of unbranched alkanes of at least 4 members (excludes halogenated alkanes) is 12. The van der Waals surface area contributed by atoms with E-state index >= 15 is 0 Å². The molecule has 0 N–H and O–H groups in total. The van der Waals surface area contributed by atoms with Crippen LogP contribution in [0.1, 0.15) is 200 Å². The topological polar surface area (TPSA) is 26.3 Å². The van der Waals surface area contributed by atoms with Crippen LogP contribution in [0.3, 0.4) is 0 Å². The van der Waals surface area contributed by atoms with Crippen molar-refractivity contribution >= 4 is 5.97 Å². The summed E-state index contributed by atoms with van der Waals surface area (Å²) in [4.78, 5) is 14.2. The molecule has 3 aliphatic carbocycles. The molecular weight excluding hydrogens is 476 g/mol. The highest BCUT2D eigenvalue weighted by molar-refractivity contribution is 5.78. The molecule has 3 aliphatic rings. The minimum atomic E-state index is -0.188. The molecular formula is C37H68O2. The highest BCUT2D eigenvalue weighted by Gasteiger charge is 2.57. The van der Waals surface area contributed by atoms with Gasteiger partial charge in [0.1, 0.15) is 0 Å². The first kappa shape index (κ1) is 33.0. The first-order valence-electron chi connectivity index (χ1n) is 18.3. The number of ether oxygens (including phenoxy) is 1. The zero-order valence-electron chi connectivity index (χ0n) is 26.7. The van der Waals surface area contributed by atoms with Gasteiger partial charge in [-0.15, -0.1) is 0 Å². The van der Waals surface area contributed by atoms with Crippen LogP contribution in [0, 0.1) is 22.7 Å². The van der Waals surface area contributed by atoms with Crippen LogP contribution in [0.4, 0.5) is 0 Å². The monoisotopic (exact) mass is 545 g/mol. The van der Waals surface area contributed by atoms with E-state index in [9.17, 15) is 4.79 Å². The molecule has 0 unspecified atom stereocenters. The van der Waals surface area contributed by atoms with Gasteiger partial charge in [-0.1, -0.05) is 149 Å². The second-order valence-corrected chi connectivity index (χ2v) is 14.3. The summed E-state index contributed by atoms with van der Waals surface area (Å²) in [5, 5.41) is 0. The van der Waals surface area contributed by atoms with E-state index in [1.54, 1.807) is 0 Å². The van der Waals surface area contributed by atoms with Crippen molar-refractivity contribution in [2.24, 2.45) is 22.7 Å². The standard InChI is InChI=1S/C37H68O2/c1-3-5-7-9-11-12-14-22-32-39-35(38)37(28-20-16-21-29-37)36(27-19-13-10-8-6-4-2)30-25-34(26-31-36)33-23-17-15-18-24-33/h33-34H,3-32H2,1-2H3. The number of esters is 1. The van der Waals surface area contributed by atoms with Crippen molar-refractivity contribution < 1.29 is 9.53 Å². The second-order valence-electron chi connectivity index (χ2n) is 14.3. The number of hydrogen-bond donors (Lipinski definition) is 0. The Morgan fingerprint density at radius 2 is 1.05 bits per heavy atom. The third-order valence-electron chi connectivity index (χ3n) is 11.7. The molecule has 0 spiro atoms. The number of hydrogen-bond acceptors (Lipinski definition) is 2. The first-order valence-corrected chi connectivity index (χ1v) is 18.3. The summed E-state index contributed by atoms with van der Waals surface area (Å²) >= 11 is 0. The minimum Gasteiger partial charge on any atom is -0.465 e. The fraction of sp³-hybridized carbons (Fsp3) is 0.973. The van der Waals surface area contributed by atoms with Crippen LogP contribution in [-0.4, -0.2) is 12.6 Å². The lowest BCUT2D eigenvalue weighted by Gasteiger charge is -2.55. The molecule has 3 fully saturated rings. The Kier molecular flexibility index (Phi) is 15.9.